The van der Waals surface area contributed by atoms with Crippen molar-refractivity contribution >= 4 is 0 Å². The van der Waals surface area contributed by atoms with Crippen LogP contribution in [0.3, 0.4) is 0 Å². The van der Waals surface area contributed by atoms with Gasteiger partial charge in [-0.15, -0.1) is 0 Å². The largest absolute Gasteiger partial charge is 0.481 e. The van der Waals surface area contributed by atoms with Crippen LogP contribution < -0.4 is 16.0 Å². The van der Waals surface area contributed by atoms with Gasteiger partial charge in [-0.3, -0.25) is 11.3 Å². The second kappa shape index (κ2) is 6.26. The smallest absolute Gasteiger partial charge is 0.217 e. The summed E-state index contributed by atoms with van der Waals surface area (Å²) in [6, 6.07) is 10.0. The summed E-state index contributed by atoms with van der Waals surface area (Å²) in [7, 11) is 1.54. The first-order chi connectivity index (χ1) is 9.26. The van der Waals surface area contributed by atoms with Crippen molar-refractivity contribution in [3.05, 3.63) is 59.5 Å². The lowest BCUT2D eigenvalue weighted by Crippen LogP contribution is -2.30. The van der Waals surface area contributed by atoms with Crippen LogP contribution in [0, 0.1) is 5.82 Å². The van der Waals surface area contributed by atoms with E-state index in [1.54, 1.807) is 37.6 Å². The van der Waals surface area contributed by atoms with Crippen LogP contribution in [0.1, 0.15) is 17.2 Å². The summed E-state index contributed by atoms with van der Waals surface area (Å²) < 4.78 is 18.9. The van der Waals surface area contributed by atoms with Crippen LogP contribution in [0.5, 0.6) is 5.88 Å². The number of hydrogen-bond acceptors (Lipinski definition) is 4. The molecule has 1 aromatic carbocycles. The number of aromatic nitrogens is 1. The van der Waals surface area contributed by atoms with Gasteiger partial charge >= 0.3 is 0 Å². The lowest BCUT2D eigenvalue weighted by atomic mass is 10.00. The number of pyridine rings is 1. The maximum Gasteiger partial charge on any atom is 0.217 e. The number of hydrogen-bond donors (Lipinski definition) is 2. The molecule has 0 spiro atoms. The van der Waals surface area contributed by atoms with Gasteiger partial charge in [0.25, 0.3) is 0 Å². The van der Waals surface area contributed by atoms with Crippen molar-refractivity contribution in [1.82, 2.24) is 10.4 Å². The van der Waals surface area contributed by atoms with Gasteiger partial charge in [-0.25, -0.2) is 9.37 Å². The molecule has 0 saturated heterocycles. The highest BCUT2D eigenvalue weighted by atomic mass is 19.1. The third kappa shape index (κ3) is 3.07. The predicted octanol–water partition coefficient (Wildman–Crippen LogP) is 1.98. The average Bonchev–Trinajstić information content (AvgIpc) is 2.46. The summed E-state index contributed by atoms with van der Waals surface area (Å²) in [5, 5.41) is 0. The topological polar surface area (TPSA) is 60.2 Å². The van der Waals surface area contributed by atoms with Crippen molar-refractivity contribution in [1.29, 1.82) is 0 Å². The van der Waals surface area contributed by atoms with E-state index in [4.69, 9.17) is 10.6 Å². The molecule has 0 aliphatic heterocycles. The minimum Gasteiger partial charge on any atom is -0.481 e. The highest BCUT2D eigenvalue weighted by molar-refractivity contribution is 5.31. The molecule has 100 valence electrons. The minimum absolute atomic E-state index is 0.245. The van der Waals surface area contributed by atoms with Gasteiger partial charge in [-0.1, -0.05) is 24.3 Å². The molecule has 0 aliphatic carbocycles. The van der Waals surface area contributed by atoms with Crippen molar-refractivity contribution < 1.29 is 9.13 Å². The van der Waals surface area contributed by atoms with Crippen molar-refractivity contribution in [2.24, 2.45) is 5.84 Å². The molecule has 2 rings (SSSR count). The zero-order chi connectivity index (χ0) is 13.7. The van der Waals surface area contributed by atoms with E-state index < -0.39 is 0 Å². The van der Waals surface area contributed by atoms with Gasteiger partial charge in [0.05, 0.1) is 13.2 Å². The summed E-state index contributed by atoms with van der Waals surface area (Å²) in [4.78, 5) is 4.12. The van der Waals surface area contributed by atoms with Crippen LogP contribution >= 0.6 is 0 Å². The number of nitrogens with one attached hydrogen (secondary N) is 1. The fraction of sp³-hybridized carbons (Fsp3) is 0.214. The minimum atomic E-state index is -0.263. The second-order valence-electron chi connectivity index (χ2n) is 4.12. The Kier molecular flexibility index (Phi) is 4.43. The fourth-order valence-corrected chi connectivity index (χ4v) is 1.98. The Morgan fingerprint density at radius 1 is 1.32 bits per heavy atom. The van der Waals surface area contributed by atoms with Crippen LogP contribution in [0.15, 0.2) is 42.6 Å². The Bertz CT molecular complexity index is 548. The summed E-state index contributed by atoms with van der Waals surface area (Å²) in [5.74, 6) is 5.81. The molecule has 4 nitrogen and oxygen atoms in total. The number of benzene rings is 1. The van der Waals surface area contributed by atoms with Crippen molar-refractivity contribution in [3.8, 4) is 5.88 Å². The Labute approximate surface area is 111 Å². The summed E-state index contributed by atoms with van der Waals surface area (Å²) in [6.07, 6.45) is 2.06. The molecule has 0 saturated carbocycles. The number of hydrazine groups is 1. The van der Waals surface area contributed by atoms with Crippen LogP contribution in [-0.4, -0.2) is 12.1 Å². The Balaban J connectivity index is 2.28. The molecule has 0 amide bonds. The van der Waals surface area contributed by atoms with Gasteiger partial charge in [-0.2, -0.15) is 0 Å². The third-order valence-corrected chi connectivity index (χ3v) is 2.95. The molecule has 5 heteroatoms. The average molecular weight is 261 g/mol. The highest BCUT2D eigenvalue weighted by Gasteiger charge is 2.17. The standard InChI is InChI=1S/C14H16FN3O/c1-19-14-11(6-4-8-17-14)13(18-16)9-10-5-2-3-7-12(10)15/h2-8,13,18H,9,16H2,1H3. The lowest BCUT2D eigenvalue weighted by molar-refractivity contribution is 0.382. The predicted molar refractivity (Wildman–Crippen MR) is 71.0 cm³/mol. The number of halogens is 1. The fourth-order valence-electron chi connectivity index (χ4n) is 1.98. The van der Waals surface area contributed by atoms with Crippen LogP contribution in [0.25, 0.3) is 0 Å². The second-order valence-corrected chi connectivity index (χ2v) is 4.12. The van der Waals surface area contributed by atoms with Gasteiger partial charge in [0, 0.05) is 11.8 Å². The van der Waals surface area contributed by atoms with Gasteiger partial charge < -0.3 is 4.74 Å². The molecular weight excluding hydrogens is 245 g/mol. The molecule has 1 aromatic heterocycles. The molecular formula is C14H16FN3O. The molecule has 19 heavy (non-hydrogen) atoms. The Hall–Kier alpha value is -1.98. The Morgan fingerprint density at radius 3 is 2.79 bits per heavy atom. The van der Waals surface area contributed by atoms with E-state index in [0.717, 1.165) is 5.56 Å². The van der Waals surface area contributed by atoms with Crippen molar-refractivity contribution in [3.63, 3.8) is 0 Å². The van der Waals surface area contributed by atoms with E-state index in [0.29, 0.717) is 17.9 Å². The van der Waals surface area contributed by atoms with Crippen LogP contribution in [-0.2, 0) is 6.42 Å². The molecule has 0 aliphatic rings. The van der Waals surface area contributed by atoms with E-state index in [1.165, 1.54) is 6.07 Å². The monoisotopic (exact) mass is 261 g/mol. The number of nitrogens with two attached hydrogens (primary N) is 1. The molecule has 2 aromatic rings. The molecule has 3 N–H and O–H groups in total. The van der Waals surface area contributed by atoms with Gasteiger partial charge in [0.15, 0.2) is 0 Å². The third-order valence-electron chi connectivity index (χ3n) is 2.95. The maximum atomic E-state index is 13.7. The maximum absolute atomic E-state index is 13.7. The molecule has 1 heterocycles. The first-order valence-electron chi connectivity index (χ1n) is 5.94. The van der Waals surface area contributed by atoms with E-state index in [1.807, 2.05) is 6.07 Å². The zero-order valence-corrected chi connectivity index (χ0v) is 10.6. The van der Waals surface area contributed by atoms with Crippen molar-refractivity contribution in [2.45, 2.75) is 12.5 Å². The highest BCUT2D eigenvalue weighted by Crippen LogP contribution is 2.25. The van der Waals surface area contributed by atoms with E-state index in [2.05, 4.69) is 10.4 Å². The number of methoxy groups -OCH3 is 1. The molecule has 1 unspecified atom stereocenters. The number of nitrogens with zero attached hydrogens (tertiary/aromatic N) is 1. The molecule has 1 atom stereocenters. The summed E-state index contributed by atoms with van der Waals surface area (Å²) >= 11 is 0. The normalized spacial score (nSPS) is 12.2. The quantitative estimate of drug-likeness (QED) is 0.638. The first kappa shape index (κ1) is 13.5. The van der Waals surface area contributed by atoms with E-state index in [9.17, 15) is 4.39 Å². The van der Waals surface area contributed by atoms with Crippen LogP contribution in [0.2, 0.25) is 0 Å². The molecule has 0 radical (unpaired) electrons. The number of ether oxygens (including phenoxy) is 1. The van der Waals surface area contributed by atoms with Gasteiger partial charge in [0.1, 0.15) is 5.82 Å². The van der Waals surface area contributed by atoms with E-state index >= 15 is 0 Å². The van der Waals surface area contributed by atoms with Crippen LogP contribution in [0.4, 0.5) is 4.39 Å². The number of rotatable bonds is 5. The first-order valence-corrected chi connectivity index (χ1v) is 5.94. The molecule has 0 bridgehead atoms. The van der Waals surface area contributed by atoms with Gasteiger partial charge in [0.2, 0.25) is 5.88 Å². The van der Waals surface area contributed by atoms with Crippen molar-refractivity contribution in [2.75, 3.05) is 7.11 Å². The Morgan fingerprint density at radius 2 is 2.11 bits per heavy atom. The lowest BCUT2D eigenvalue weighted by Gasteiger charge is -2.18. The zero-order valence-electron chi connectivity index (χ0n) is 10.6. The van der Waals surface area contributed by atoms with E-state index in [-0.39, 0.29) is 11.9 Å². The van der Waals surface area contributed by atoms with Gasteiger partial charge in [-0.05, 0) is 24.1 Å². The molecule has 0 fully saturated rings. The summed E-state index contributed by atoms with van der Waals surface area (Å²) in [6.45, 7) is 0. The SMILES string of the molecule is COc1ncccc1C(Cc1ccccc1F)NN. The summed E-state index contributed by atoms with van der Waals surface area (Å²) in [5.41, 5.74) is 4.08.